The van der Waals surface area contributed by atoms with E-state index in [0.717, 1.165) is 17.5 Å². The number of allylic oxidation sites excluding steroid dienone is 2. The Morgan fingerprint density at radius 1 is 0.970 bits per heavy atom. The van der Waals surface area contributed by atoms with E-state index in [-0.39, 0.29) is 11.0 Å². The van der Waals surface area contributed by atoms with E-state index in [4.69, 9.17) is 5.11 Å². The Morgan fingerprint density at radius 2 is 1.64 bits per heavy atom. The Morgan fingerprint density at radius 3 is 2.27 bits per heavy atom. The number of nitrogens with zero attached hydrogens (tertiary/aromatic N) is 1. The van der Waals surface area contributed by atoms with Gasteiger partial charge in [-0.15, -0.1) is 0 Å². The van der Waals surface area contributed by atoms with Crippen LogP contribution in [0, 0.1) is 6.92 Å². The van der Waals surface area contributed by atoms with Crippen LogP contribution in [0.15, 0.2) is 84.0 Å². The average molecular weight is 438 g/mol. The number of carboxylic acids is 1. The van der Waals surface area contributed by atoms with Crippen LogP contribution in [0.1, 0.15) is 64.0 Å². The molecule has 1 aliphatic rings. The molecule has 4 heteroatoms. The van der Waals surface area contributed by atoms with Crippen LogP contribution < -0.4 is 0 Å². The van der Waals surface area contributed by atoms with Crippen molar-refractivity contribution >= 4 is 23.3 Å². The monoisotopic (exact) mass is 437 g/mol. The summed E-state index contributed by atoms with van der Waals surface area (Å²) in [6, 6.07) is 21.4. The van der Waals surface area contributed by atoms with Crippen molar-refractivity contribution in [1.29, 1.82) is 0 Å². The summed E-state index contributed by atoms with van der Waals surface area (Å²) in [5.74, 6) is -0.959. The van der Waals surface area contributed by atoms with Gasteiger partial charge in [-0.3, -0.25) is 0 Å². The summed E-state index contributed by atoms with van der Waals surface area (Å²) in [5.41, 5.74) is 8.37. The Balaban J connectivity index is 1.67. The number of aryl methyl sites for hydroxylation is 1. The van der Waals surface area contributed by atoms with Crippen molar-refractivity contribution in [3.05, 3.63) is 118 Å². The van der Waals surface area contributed by atoms with E-state index in [0.29, 0.717) is 5.71 Å². The molecule has 4 rings (SSSR count). The molecule has 0 aromatic heterocycles. The summed E-state index contributed by atoms with van der Waals surface area (Å²) in [7, 11) is 0. The highest BCUT2D eigenvalue weighted by Gasteiger charge is 2.29. The second kappa shape index (κ2) is 8.91. The van der Waals surface area contributed by atoms with Crippen LogP contribution in [0.25, 0.3) is 11.6 Å². The molecule has 0 saturated carbocycles. The van der Waals surface area contributed by atoms with Crippen LogP contribution >= 0.6 is 0 Å². The quantitative estimate of drug-likeness (QED) is 0.265. The SMILES string of the molecule is Cc1ccc(C2=CCC(C)(C)c3cc(C(/C=C\c4ccc(C(=O)O)cc4)=N\O)ccc32)cc1. The molecule has 166 valence electrons. The van der Waals surface area contributed by atoms with Gasteiger partial charge in [-0.05, 0) is 70.9 Å². The summed E-state index contributed by atoms with van der Waals surface area (Å²) in [4.78, 5) is 11.0. The largest absolute Gasteiger partial charge is 0.478 e. The summed E-state index contributed by atoms with van der Waals surface area (Å²) < 4.78 is 0. The third-order valence-corrected chi connectivity index (χ3v) is 6.21. The number of oxime groups is 1. The minimum Gasteiger partial charge on any atom is -0.478 e. The molecule has 0 heterocycles. The van der Waals surface area contributed by atoms with Crippen molar-refractivity contribution in [2.45, 2.75) is 32.6 Å². The molecular weight excluding hydrogens is 410 g/mol. The summed E-state index contributed by atoms with van der Waals surface area (Å²) in [6.07, 6.45) is 6.78. The third kappa shape index (κ3) is 4.65. The van der Waals surface area contributed by atoms with Gasteiger partial charge in [-0.1, -0.05) is 85.2 Å². The van der Waals surface area contributed by atoms with Crippen molar-refractivity contribution in [1.82, 2.24) is 0 Å². The lowest BCUT2D eigenvalue weighted by Gasteiger charge is -2.33. The van der Waals surface area contributed by atoms with Crippen molar-refractivity contribution < 1.29 is 15.1 Å². The van der Waals surface area contributed by atoms with Crippen molar-refractivity contribution in [3.8, 4) is 0 Å². The van der Waals surface area contributed by atoms with Gasteiger partial charge in [0.15, 0.2) is 0 Å². The fourth-order valence-electron chi connectivity index (χ4n) is 4.18. The first-order valence-electron chi connectivity index (χ1n) is 10.9. The Hall–Kier alpha value is -3.92. The Kier molecular flexibility index (Phi) is 6.01. The molecule has 33 heavy (non-hydrogen) atoms. The summed E-state index contributed by atoms with van der Waals surface area (Å²) in [6.45, 7) is 6.55. The highest BCUT2D eigenvalue weighted by molar-refractivity contribution is 6.11. The Labute approximate surface area is 194 Å². The minimum atomic E-state index is -0.959. The highest BCUT2D eigenvalue weighted by Crippen LogP contribution is 2.41. The van der Waals surface area contributed by atoms with E-state index < -0.39 is 5.97 Å². The molecule has 0 radical (unpaired) electrons. The Bertz CT molecular complexity index is 1280. The molecule has 0 saturated heterocycles. The molecule has 0 bridgehead atoms. The minimum absolute atomic E-state index is 0.0452. The predicted molar refractivity (Wildman–Crippen MR) is 133 cm³/mol. The van der Waals surface area contributed by atoms with E-state index in [1.807, 2.05) is 12.1 Å². The zero-order valence-corrected chi connectivity index (χ0v) is 19.0. The van der Waals surface area contributed by atoms with Crippen molar-refractivity contribution in [2.24, 2.45) is 5.16 Å². The number of fused-ring (bicyclic) bond motifs is 1. The fraction of sp³-hybridized carbons (Fsp3) is 0.172. The molecule has 0 aliphatic heterocycles. The molecule has 0 fully saturated rings. The second-order valence-corrected chi connectivity index (χ2v) is 9.08. The van der Waals surface area contributed by atoms with Crippen LogP contribution in [0.5, 0.6) is 0 Å². The maximum Gasteiger partial charge on any atom is 0.335 e. The topological polar surface area (TPSA) is 69.9 Å². The molecule has 0 unspecified atom stereocenters. The normalized spacial score (nSPS) is 15.2. The average Bonchev–Trinajstić information content (AvgIpc) is 2.81. The van der Waals surface area contributed by atoms with Gasteiger partial charge >= 0.3 is 5.97 Å². The van der Waals surface area contributed by atoms with Crippen LogP contribution in [-0.4, -0.2) is 22.0 Å². The van der Waals surface area contributed by atoms with E-state index in [1.165, 1.54) is 27.8 Å². The number of carbonyl (C=O) groups is 1. The highest BCUT2D eigenvalue weighted by atomic mass is 16.4. The number of hydrogen-bond donors (Lipinski definition) is 2. The van der Waals surface area contributed by atoms with Crippen LogP contribution in [0.3, 0.4) is 0 Å². The van der Waals surface area contributed by atoms with Crippen LogP contribution in [-0.2, 0) is 5.41 Å². The van der Waals surface area contributed by atoms with E-state index >= 15 is 0 Å². The van der Waals surface area contributed by atoms with Gasteiger partial charge in [-0.2, -0.15) is 0 Å². The number of rotatable bonds is 5. The van der Waals surface area contributed by atoms with E-state index in [9.17, 15) is 10.0 Å². The maximum absolute atomic E-state index is 11.0. The zero-order chi connectivity index (χ0) is 23.6. The first-order valence-corrected chi connectivity index (χ1v) is 10.9. The number of carboxylic acid groups (broad SMARTS) is 1. The van der Waals surface area contributed by atoms with Gasteiger partial charge < -0.3 is 10.3 Å². The molecule has 2 N–H and O–H groups in total. The molecule has 0 atom stereocenters. The van der Waals surface area contributed by atoms with Gasteiger partial charge in [0, 0.05) is 5.56 Å². The smallest absolute Gasteiger partial charge is 0.335 e. The van der Waals surface area contributed by atoms with E-state index in [1.54, 1.807) is 30.3 Å². The van der Waals surface area contributed by atoms with Crippen molar-refractivity contribution in [3.63, 3.8) is 0 Å². The molecule has 4 nitrogen and oxygen atoms in total. The van der Waals surface area contributed by atoms with E-state index in [2.05, 4.69) is 68.4 Å². The lowest BCUT2D eigenvalue weighted by Crippen LogP contribution is -2.22. The molecular formula is C29H27NO3. The molecule has 3 aromatic rings. The predicted octanol–water partition coefficient (Wildman–Crippen LogP) is 6.70. The van der Waals surface area contributed by atoms with Crippen molar-refractivity contribution in [2.75, 3.05) is 0 Å². The molecule has 3 aromatic carbocycles. The molecule has 0 amide bonds. The maximum atomic E-state index is 11.0. The fourth-order valence-corrected chi connectivity index (χ4v) is 4.18. The summed E-state index contributed by atoms with van der Waals surface area (Å²) >= 11 is 0. The molecule has 1 aliphatic carbocycles. The third-order valence-electron chi connectivity index (χ3n) is 6.21. The number of benzene rings is 3. The van der Waals surface area contributed by atoms with Gasteiger partial charge in [0.1, 0.15) is 5.71 Å². The van der Waals surface area contributed by atoms with Crippen LogP contribution in [0.4, 0.5) is 0 Å². The number of hydrogen-bond acceptors (Lipinski definition) is 3. The van der Waals surface area contributed by atoms with Gasteiger partial charge in [-0.25, -0.2) is 4.79 Å². The number of aromatic carboxylic acids is 1. The van der Waals surface area contributed by atoms with Gasteiger partial charge in [0.05, 0.1) is 5.56 Å². The first kappa shape index (κ1) is 22.3. The first-order chi connectivity index (χ1) is 15.8. The zero-order valence-electron chi connectivity index (χ0n) is 19.0. The second-order valence-electron chi connectivity index (χ2n) is 9.08. The van der Waals surface area contributed by atoms with Gasteiger partial charge in [0.25, 0.3) is 0 Å². The molecule has 0 spiro atoms. The van der Waals surface area contributed by atoms with Crippen LogP contribution in [0.2, 0.25) is 0 Å². The summed E-state index contributed by atoms with van der Waals surface area (Å²) in [5, 5.41) is 22.3. The standard InChI is InChI=1S/C29H27NO3/c1-19-4-9-21(10-5-19)24-16-17-29(2,3)26-18-23(13-14-25(24)26)27(30-33)15-8-20-6-11-22(12-7-20)28(31)32/h4-16,18,33H,17H2,1-3H3,(H,31,32)/b15-8-,30-27-. The lowest BCUT2D eigenvalue weighted by atomic mass is 9.71. The van der Waals surface area contributed by atoms with Gasteiger partial charge in [0.2, 0.25) is 0 Å². The lowest BCUT2D eigenvalue weighted by molar-refractivity contribution is 0.0697.